The second-order valence-electron chi connectivity index (χ2n) is 6.03. The fourth-order valence-corrected chi connectivity index (χ4v) is 1.96. The van der Waals surface area contributed by atoms with Crippen LogP contribution in [-0.4, -0.2) is 28.2 Å². The van der Waals surface area contributed by atoms with Gasteiger partial charge >= 0.3 is 0 Å². The number of aromatic nitrogens is 2. The van der Waals surface area contributed by atoms with Crippen LogP contribution in [0, 0.1) is 0 Å². The molecule has 1 amide bonds. The van der Waals surface area contributed by atoms with Crippen LogP contribution in [0.25, 0.3) is 11.3 Å². The number of carbonyl (C=O) groups is 1. The molecule has 3 N–H and O–H groups in total. The molecule has 0 aliphatic heterocycles. The Labute approximate surface area is 125 Å². The lowest BCUT2D eigenvalue weighted by atomic mass is 10.1. The average Bonchev–Trinajstić information content (AvgIpc) is 2.91. The number of carbonyl (C=O) groups excluding carboxylic acids is 1. The van der Waals surface area contributed by atoms with Crippen LogP contribution in [0.15, 0.2) is 36.5 Å². The van der Waals surface area contributed by atoms with Crippen molar-refractivity contribution < 1.29 is 4.79 Å². The van der Waals surface area contributed by atoms with Crippen LogP contribution in [-0.2, 0) is 4.79 Å². The first-order valence-corrected chi connectivity index (χ1v) is 7.09. The third kappa shape index (κ3) is 5.04. The van der Waals surface area contributed by atoms with Crippen LogP contribution in [0.5, 0.6) is 0 Å². The largest absolute Gasteiger partial charge is 0.326 e. The Morgan fingerprint density at radius 2 is 2.10 bits per heavy atom. The Hall–Kier alpha value is -2.14. The molecule has 5 heteroatoms. The normalized spacial score (nSPS) is 11.4. The van der Waals surface area contributed by atoms with E-state index < -0.39 is 0 Å². The minimum Gasteiger partial charge on any atom is -0.326 e. The van der Waals surface area contributed by atoms with Crippen LogP contribution in [0.2, 0.25) is 0 Å². The van der Waals surface area contributed by atoms with Crippen LogP contribution in [0.1, 0.15) is 27.2 Å². The van der Waals surface area contributed by atoms with E-state index in [0.29, 0.717) is 13.0 Å². The Kier molecular flexibility index (Phi) is 4.75. The van der Waals surface area contributed by atoms with E-state index in [9.17, 15) is 4.79 Å². The van der Waals surface area contributed by atoms with Gasteiger partial charge in [-0.25, -0.2) is 0 Å². The van der Waals surface area contributed by atoms with E-state index in [4.69, 9.17) is 0 Å². The van der Waals surface area contributed by atoms with Crippen molar-refractivity contribution in [2.75, 3.05) is 11.9 Å². The summed E-state index contributed by atoms with van der Waals surface area (Å²) in [6.07, 6.45) is 2.16. The van der Waals surface area contributed by atoms with Crippen molar-refractivity contribution in [1.29, 1.82) is 0 Å². The molecule has 0 bridgehead atoms. The molecule has 21 heavy (non-hydrogen) atoms. The highest BCUT2D eigenvalue weighted by Gasteiger charge is 2.10. The van der Waals surface area contributed by atoms with E-state index in [1.54, 1.807) is 6.20 Å². The number of aromatic amines is 1. The minimum absolute atomic E-state index is 0.00788. The van der Waals surface area contributed by atoms with Gasteiger partial charge in [0.15, 0.2) is 0 Å². The third-order valence-corrected chi connectivity index (χ3v) is 2.97. The molecule has 0 saturated heterocycles. The summed E-state index contributed by atoms with van der Waals surface area (Å²) in [5.74, 6) is 0.00788. The van der Waals surface area contributed by atoms with Crippen molar-refractivity contribution in [1.82, 2.24) is 15.5 Å². The second kappa shape index (κ2) is 6.54. The Morgan fingerprint density at radius 1 is 1.29 bits per heavy atom. The van der Waals surface area contributed by atoms with Crippen molar-refractivity contribution in [2.24, 2.45) is 0 Å². The average molecular weight is 286 g/mol. The Bertz CT molecular complexity index is 585. The summed E-state index contributed by atoms with van der Waals surface area (Å²) < 4.78 is 0. The highest BCUT2D eigenvalue weighted by atomic mass is 16.1. The van der Waals surface area contributed by atoms with Gasteiger partial charge in [-0.1, -0.05) is 12.1 Å². The number of hydrogen-bond donors (Lipinski definition) is 3. The van der Waals surface area contributed by atoms with Gasteiger partial charge in [0.1, 0.15) is 0 Å². The molecule has 0 atom stereocenters. The van der Waals surface area contributed by atoms with Gasteiger partial charge in [0.2, 0.25) is 5.91 Å². The summed E-state index contributed by atoms with van der Waals surface area (Å²) >= 11 is 0. The molecule has 1 aromatic heterocycles. The maximum absolute atomic E-state index is 11.9. The standard InChI is InChI=1S/C16H22N4O/c1-16(2,3)17-9-8-15(21)19-13-6-4-5-12(11-13)14-7-10-18-20-14/h4-7,10-11,17H,8-9H2,1-3H3,(H,18,20)(H,19,21). The Morgan fingerprint density at radius 3 is 2.76 bits per heavy atom. The topological polar surface area (TPSA) is 69.8 Å². The molecular weight excluding hydrogens is 264 g/mol. The lowest BCUT2D eigenvalue weighted by Gasteiger charge is -2.20. The second-order valence-corrected chi connectivity index (χ2v) is 6.03. The number of hydrogen-bond acceptors (Lipinski definition) is 3. The van der Waals surface area contributed by atoms with Crippen molar-refractivity contribution in [2.45, 2.75) is 32.7 Å². The summed E-state index contributed by atoms with van der Waals surface area (Å²) in [5.41, 5.74) is 2.75. The van der Waals surface area contributed by atoms with Crippen molar-refractivity contribution >= 4 is 11.6 Å². The highest BCUT2D eigenvalue weighted by molar-refractivity contribution is 5.91. The SMILES string of the molecule is CC(C)(C)NCCC(=O)Nc1cccc(-c2ccn[nH]2)c1. The first-order chi connectivity index (χ1) is 9.94. The monoisotopic (exact) mass is 286 g/mol. The molecule has 0 unspecified atom stereocenters. The molecule has 1 aromatic carbocycles. The van der Waals surface area contributed by atoms with E-state index in [2.05, 4.69) is 41.6 Å². The van der Waals surface area contributed by atoms with E-state index in [0.717, 1.165) is 16.9 Å². The number of rotatable bonds is 5. The zero-order chi connectivity index (χ0) is 15.3. The molecule has 0 aliphatic carbocycles. The highest BCUT2D eigenvalue weighted by Crippen LogP contribution is 2.20. The predicted octanol–water partition coefficient (Wildman–Crippen LogP) is 2.79. The third-order valence-electron chi connectivity index (χ3n) is 2.97. The van der Waals surface area contributed by atoms with Crippen molar-refractivity contribution in [3.63, 3.8) is 0 Å². The number of nitrogens with one attached hydrogen (secondary N) is 3. The predicted molar refractivity (Wildman–Crippen MR) is 85.0 cm³/mol. The molecule has 0 saturated carbocycles. The zero-order valence-electron chi connectivity index (χ0n) is 12.7. The van der Waals surface area contributed by atoms with Gasteiger partial charge in [-0.2, -0.15) is 5.10 Å². The molecule has 0 fully saturated rings. The quantitative estimate of drug-likeness (QED) is 0.791. The van der Waals surface area contributed by atoms with E-state index in [-0.39, 0.29) is 11.4 Å². The lowest BCUT2D eigenvalue weighted by Crippen LogP contribution is -2.37. The lowest BCUT2D eigenvalue weighted by molar-refractivity contribution is -0.116. The van der Waals surface area contributed by atoms with Gasteiger partial charge in [-0.3, -0.25) is 9.89 Å². The van der Waals surface area contributed by atoms with Gasteiger partial charge in [-0.05, 0) is 39.0 Å². The van der Waals surface area contributed by atoms with Gasteiger partial charge in [-0.15, -0.1) is 0 Å². The number of H-pyrrole nitrogens is 1. The molecular formula is C16H22N4O. The summed E-state index contributed by atoms with van der Waals surface area (Å²) in [6.45, 7) is 6.91. The van der Waals surface area contributed by atoms with Crippen LogP contribution >= 0.6 is 0 Å². The first kappa shape index (κ1) is 15.3. The maximum Gasteiger partial charge on any atom is 0.225 e. The van der Waals surface area contributed by atoms with Crippen molar-refractivity contribution in [3.8, 4) is 11.3 Å². The van der Waals surface area contributed by atoms with E-state index in [1.165, 1.54) is 0 Å². The molecule has 1 heterocycles. The fraction of sp³-hybridized carbons (Fsp3) is 0.375. The number of benzene rings is 1. The van der Waals surface area contributed by atoms with E-state index >= 15 is 0 Å². The molecule has 2 aromatic rings. The van der Waals surface area contributed by atoms with Gasteiger partial charge in [0.25, 0.3) is 0 Å². The molecule has 0 spiro atoms. The molecule has 0 aliphatic rings. The maximum atomic E-state index is 11.9. The van der Waals surface area contributed by atoms with E-state index in [1.807, 2.05) is 30.3 Å². The fourth-order valence-electron chi connectivity index (χ4n) is 1.96. The first-order valence-electron chi connectivity index (χ1n) is 7.09. The van der Waals surface area contributed by atoms with Crippen LogP contribution in [0.4, 0.5) is 5.69 Å². The summed E-state index contributed by atoms with van der Waals surface area (Å²) in [5, 5.41) is 13.1. The molecule has 0 radical (unpaired) electrons. The number of nitrogens with zero attached hydrogens (tertiary/aromatic N) is 1. The van der Waals surface area contributed by atoms with Gasteiger partial charge in [0.05, 0.1) is 5.69 Å². The zero-order valence-corrected chi connectivity index (χ0v) is 12.7. The summed E-state index contributed by atoms with van der Waals surface area (Å²) in [7, 11) is 0. The van der Waals surface area contributed by atoms with Gasteiger partial charge in [0, 0.05) is 36.0 Å². The van der Waals surface area contributed by atoms with Crippen LogP contribution in [0.3, 0.4) is 0 Å². The summed E-state index contributed by atoms with van der Waals surface area (Å²) in [4.78, 5) is 11.9. The molecule has 2 rings (SSSR count). The number of anilines is 1. The van der Waals surface area contributed by atoms with Gasteiger partial charge < -0.3 is 10.6 Å². The smallest absolute Gasteiger partial charge is 0.225 e. The minimum atomic E-state index is 0.00788. The summed E-state index contributed by atoms with van der Waals surface area (Å²) in [6, 6.07) is 9.61. The molecule has 5 nitrogen and oxygen atoms in total. The Balaban J connectivity index is 1.91. The van der Waals surface area contributed by atoms with Crippen molar-refractivity contribution in [3.05, 3.63) is 36.5 Å². The number of amides is 1. The van der Waals surface area contributed by atoms with Crippen LogP contribution < -0.4 is 10.6 Å². The molecule has 112 valence electrons.